The van der Waals surface area contributed by atoms with E-state index in [4.69, 9.17) is 4.42 Å². The molecule has 1 fully saturated rings. The van der Waals surface area contributed by atoms with Gasteiger partial charge in [-0.2, -0.15) is 9.29 Å². The van der Waals surface area contributed by atoms with Gasteiger partial charge in [0.05, 0.1) is 11.4 Å². The van der Waals surface area contributed by atoms with Crippen molar-refractivity contribution < 1.29 is 22.0 Å². The number of hydrogen-bond donors (Lipinski definition) is 1. The van der Waals surface area contributed by atoms with Crippen molar-refractivity contribution in [2.45, 2.75) is 30.3 Å². The summed E-state index contributed by atoms with van der Waals surface area (Å²) in [5.74, 6) is -0.672. The maximum Gasteiger partial charge on any atom is 0.243 e. The molecule has 1 amide bonds. The van der Waals surface area contributed by atoms with Crippen LogP contribution in [-0.2, 0) is 21.4 Å². The quantitative estimate of drug-likeness (QED) is 0.696. The summed E-state index contributed by atoms with van der Waals surface area (Å²) in [6, 6.07) is 7.16. The van der Waals surface area contributed by atoms with Crippen LogP contribution in [0.4, 0.5) is 4.39 Å². The lowest BCUT2D eigenvalue weighted by Crippen LogP contribution is -2.45. The molecule has 1 saturated heterocycles. The van der Waals surface area contributed by atoms with Crippen molar-refractivity contribution in [1.82, 2.24) is 19.6 Å². The first kappa shape index (κ1) is 18.5. The average Bonchev–Trinajstić information content (AvgIpc) is 3.33. The summed E-state index contributed by atoms with van der Waals surface area (Å²) in [4.78, 5) is 20.8. The minimum absolute atomic E-state index is 0.0239. The topological polar surface area (TPSA) is 105 Å². The molecule has 0 saturated carbocycles. The third kappa shape index (κ3) is 3.48. The van der Waals surface area contributed by atoms with Crippen LogP contribution in [0.5, 0.6) is 0 Å². The van der Waals surface area contributed by atoms with Gasteiger partial charge in [0.15, 0.2) is 11.2 Å². The molecular formula is C18H17FN4O4S. The van der Waals surface area contributed by atoms with E-state index < -0.39 is 27.8 Å². The van der Waals surface area contributed by atoms with Crippen molar-refractivity contribution in [3.8, 4) is 0 Å². The fourth-order valence-corrected chi connectivity index (χ4v) is 4.86. The highest BCUT2D eigenvalue weighted by atomic mass is 32.2. The second-order valence-corrected chi connectivity index (χ2v) is 8.27. The van der Waals surface area contributed by atoms with E-state index >= 15 is 0 Å². The van der Waals surface area contributed by atoms with Crippen LogP contribution in [0.3, 0.4) is 0 Å². The van der Waals surface area contributed by atoms with Gasteiger partial charge in [0, 0.05) is 12.7 Å². The largest absolute Gasteiger partial charge is 0.437 e. The standard InChI is InChI=1S/C18H17FN4O4S/c19-12-5-7-13(8-6-12)28(25,26)23-10-2-3-14(23)18(24)21-11-16-22-17-15(27-16)4-1-9-20-17/h1,4-9,14H,2-3,10-11H2,(H,21,24). The van der Waals surface area contributed by atoms with Gasteiger partial charge in [-0.05, 0) is 49.2 Å². The Morgan fingerprint density at radius 3 is 2.82 bits per heavy atom. The van der Waals surface area contributed by atoms with Crippen molar-refractivity contribution in [3.05, 3.63) is 54.3 Å². The lowest BCUT2D eigenvalue weighted by Gasteiger charge is -2.23. The monoisotopic (exact) mass is 404 g/mol. The van der Waals surface area contributed by atoms with Crippen molar-refractivity contribution in [3.63, 3.8) is 0 Å². The second kappa shape index (κ2) is 7.28. The molecule has 2 aromatic heterocycles. The Hall–Kier alpha value is -2.85. The Balaban J connectivity index is 1.47. The fraction of sp³-hybridized carbons (Fsp3) is 0.278. The molecular weight excluding hydrogens is 387 g/mol. The van der Waals surface area contributed by atoms with E-state index in [1.807, 2.05) is 0 Å². The number of halogens is 1. The molecule has 1 N–H and O–H groups in total. The summed E-state index contributed by atoms with van der Waals surface area (Å²) in [6.07, 6.45) is 2.55. The van der Waals surface area contributed by atoms with Crippen LogP contribution in [0.25, 0.3) is 11.2 Å². The van der Waals surface area contributed by atoms with E-state index in [1.165, 1.54) is 12.1 Å². The highest BCUT2D eigenvalue weighted by Crippen LogP contribution is 2.26. The summed E-state index contributed by atoms with van der Waals surface area (Å²) in [7, 11) is -3.90. The maximum atomic E-state index is 13.1. The maximum absolute atomic E-state index is 13.1. The molecule has 28 heavy (non-hydrogen) atoms. The van der Waals surface area contributed by atoms with Gasteiger partial charge in [-0.25, -0.2) is 17.8 Å². The van der Waals surface area contributed by atoms with Crippen LogP contribution < -0.4 is 5.32 Å². The van der Waals surface area contributed by atoms with Gasteiger partial charge in [-0.15, -0.1) is 0 Å². The summed E-state index contributed by atoms with van der Waals surface area (Å²) in [5, 5.41) is 2.68. The van der Waals surface area contributed by atoms with Gasteiger partial charge in [0.1, 0.15) is 11.9 Å². The van der Waals surface area contributed by atoms with Crippen LogP contribution in [0.15, 0.2) is 51.9 Å². The molecule has 4 rings (SSSR count). The SMILES string of the molecule is O=C(NCc1nc2ncccc2o1)C1CCCN1S(=O)(=O)c1ccc(F)cc1. The summed E-state index contributed by atoms with van der Waals surface area (Å²) in [6.45, 7) is 0.251. The van der Waals surface area contributed by atoms with Crippen molar-refractivity contribution in [1.29, 1.82) is 0 Å². The van der Waals surface area contributed by atoms with E-state index in [0.29, 0.717) is 24.1 Å². The Labute approximate surface area is 160 Å². The van der Waals surface area contributed by atoms with Gasteiger partial charge < -0.3 is 9.73 Å². The minimum Gasteiger partial charge on any atom is -0.437 e. The molecule has 0 spiro atoms. The minimum atomic E-state index is -3.90. The summed E-state index contributed by atoms with van der Waals surface area (Å²) in [5.41, 5.74) is 0.946. The second-order valence-electron chi connectivity index (χ2n) is 6.38. The van der Waals surface area contributed by atoms with E-state index in [1.54, 1.807) is 18.3 Å². The lowest BCUT2D eigenvalue weighted by molar-refractivity contribution is -0.124. The molecule has 8 nitrogen and oxygen atoms in total. The number of fused-ring (bicyclic) bond motifs is 1. The number of nitrogens with one attached hydrogen (secondary N) is 1. The smallest absolute Gasteiger partial charge is 0.243 e. The normalized spacial score (nSPS) is 17.8. The highest BCUT2D eigenvalue weighted by Gasteiger charge is 2.39. The van der Waals surface area contributed by atoms with Gasteiger partial charge in [-0.3, -0.25) is 4.79 Å². The van der Waals surface area contributed by atoms with Gasteiger partial charge in [0.25, 0.3) is 0 Å². The zero-order valence-corrected chi connectivity index (χ0v) is 15.5. The Kier molecular flexibility index (Phi) is 4.82. The third-order valence-electron chi connectivity index (χ3n) is 4.55. The van der Waals surface area contributed by atoms with Crippen molar-refractivity contribution >= 4 is 27.2 Å². The van der Waals surface area contributed by atoms with Crippen LogP contribution >= 0.6 is 0 Å². The van der Waals surface area contributed by atoms with Gasteiger partial charge in [-0.1, -0.05) is 0 Å². The van der Waals surface area contributed by atoms with E-state index in [-0.39, 0.29) is 23.9 Å². The Morgan fingerprint density at radius 1 is 1.29 bits per heavy atom. The predicted molar refractivity (Wildman–Crippen MR) is 97.0 cm³/mol. The van der Waals surface area contributed by atoms with E-state index in [0.717, 1.165) is 16.4 Å². The van der Waals surface area contributed by atoms with Crippen molar-refractivity contribution in [2.24, 2.45) is 0 Å². The molecule has 0 bridgehead atoms. The lowest BCUT2D eigenvalue weighted by atomic mass is 10.2. The van der Waals surface area contributed by atoms with Crippen molar-refractivity contribution in [2.75, 3.05) is 6.54 Å². The van der Waals surface area contributed by atoms with Gasteiger partial charge in [0.2, 0.25) is 21.8 Å². The number of oxazole rings is 1. The third-order valence-corrected chi connectivity index (χ3v) is 6.47. The first-order valence-electron chi connectivity index (χ1n) is 8.71. The first-order valence-corrected chi connectivity index (χ1v) is 10.1. The molecule has 1 atom stereocenters. The number of rotatable bonds is 5. The van der Waals surface area contributed by atoms with Crippen LogP contribution in [0.2, 0.25) is 0 Å². The molecule has 146 valence electrons. The van der Waals surface area contributed by atoms with E-state index in [9.17, 15) is 17.6 Å². The molecule has 3 aromatic rings. The summed E-state index contributed by atoms with van der Waals surface area (Å²) >= 11 is 0. The zero-order chi connectivity index (χ0) is 19.7. The molecule has 3 heterocycles. The number of sulfonamides is 1. The average molecular weight is 404 g/mol. The number of pyridine rings is 1. The van der Waals surface area contributed by atoms with Crippen LogP contribution in [-0.4, -0.2) is 41.2 Å². The fourth-order valence-electron chi connectivity index (χ4n) is 3.20. The number of benzene rings is 1. The number of amides is 1. The molecule has 1 unspecified atom stereocenters. The zero-order valence-electron chi connectivity index (χ0n) is 14.7. The molecule has 10 heteroatoms. The van der Waals surface area contributed by atoms with E-state index in [2.05, 4.69) is 15.3 Å². The number of aromatic nitrogens is 2. The number of carbonyl (C=O) groups is 1. The summed E-state index contributed by atoms with van der Waals surface area (Å²) < 4.78 is 45.4. The number of hydrogen-bond acceptors (Lipinski definition) is 6. The van der Waals surface area contributed by atoms with Crippen LogP contribution in [0, 0.1) is 5.82 Å². The van der Waals surface area contributed by atoms with Gasteiger partial charge >= 0.3 is 0 Å². The molecule has 0 aliphatic carbocycles. The van der Waals surface area contributed by atoms with Crippen LogP contribution in [0.1, 0.15) is 18.7 Å². The first-order chi connectivity index (χ1) is 13.4. The highest BCUT2D eigenvalue weighted by molar-refractivity contribution is 7.89. The molecule has 1 aliphatic rings. The molecule has 1 aliphatic heterocycles. The molecule has 1 aromatic carbocycles. The predicted octanol–water partition coefficient (Wildman–Crippen LogP) is 1.83. The number of carbonyl (C=O) groups excluding carboxylic acids is 1. The molecule has 0 radical (unpaired) electrons. The Morgan fingerprint density at radius 2 is 2.07 bits per heavy atom. The Bertz CT molecular complexity index is 1080. The number of nitrogens with zero attached hydrogens (tertiary/aromatic N) is 3.